The molecule has 5 nitrogen and oxygen atoms in total. The summed E-state index contributed by atoms with van der Waals surface area (Å²) >= 11 is 0. The Morgan fingerprint density at radius 1 is 0.828 bits per heavy atom. The van der Waals surface area contributed by atoms with E-state index in [1.807, 2.05) is 12.1 Å². The van der Waals surface area contributed by atoms with E-state index >= 15 is 0 Å². The first kappa shape index (κ1) is 21.5. The molecule has 0 heterocycles. The lowest BCUT2D eigenvalue weighted by atomic mass is 10.2. The molecule has 0 amide bonds. The molecule has 0 aromatic heterocycles. The molecule has 0 saturated heterocycles. The van der Waals surface area contributed by atoms with Crippen molar-refractivity contribution in [3.8, 4) is 29.1 Å². The van der Waals surface area contributed by atoms with E-state index in [9.17, 15) is 9.59 Å². The summed E-state index contributed by atoms with van der Waals surface area (Å²) in [4.78, 5) is 22.7. The second kappa shape index (κ2) is 10.5. The normalized spacial score (nSPS) is 9.59. The first-order chi connectivity index (χ1) is 13.8. The highest BCUT2D eigenvalue weighted by atomic mass is 16.5. The number of ether oxygens (including phenoxy) is 3. The number of rotatable bonds is 7. The van der Waals surface area contributed by atoms with Gasteiger partial charge in [0.1, 0.15) is 23.9 Å². The van der Waals surface area contributed by atoms with E-state index in [4.69, 9.17) is 14.2 Å². The fourth-order valence-corrected chi connectivity index (χ4v) is 1.99. The Balaban J connectivity index is 1.85. The van der Waals surface area contributed by atoms with Gasteiger partial charge in [-0.15, -0.1) is 0 Å². The molecule has 0 radical (unpaired) electrons. The van der Waals surface area contributed by atoms with Crippen LogP contribution in [0.2, 0.25) is 0 Å². The zero-order chi connectivity index (χ0) is 21.2. The van der Waals surface area contributed by atoms with Gasteiger partial charge in [-0.2, -0.15) is 0 Å². The predicted octanol–water partition coefficient (Wildman–Crippen LogP) is 4.82. The van der Waals surface area contributed by atoms with Gasteiger partial charge < -0.3 is 14.2 Å². The summed E-state index contributed by atoms with van der Waals surface area (Å²) < 4.78 is 15.9. The lowest BCUT2D eigenvalue weighted by Gasteiger charge is -2.07. The highest BCUT2D eigenvalue weighted by Crippen LogP contribution is 2.24. The van der Waals surface area contributed by atoms with E-state index in [0.29, 0.717) is 34.8 Å². The summed E-state index contributed by atoms with van der Waals surface area (Å²) in [6.45, 7) is 10.5. The van der Waals surface area contributed by atoms with E-state index in [-0.39, 0.29) is 6.61 Å². The van der Waals surface area contributed by atoms with Crippen LogP contribution < -0.4 is 9.47 Å². The van der Waals surface area contributed by atoms with Gasteiger partial charge >= 0.3 is 11.9 Å². The van der Waals surface area contributed by atoms with Crippen molar-refractivity contribution in [1.29, 1.82) is 0 Å². The van der Waals surface area contributed by atoms with Crippen molar-refractivity contribution in [1.82, 2.24) is 0 Å². The van der Waals surface area contributed by atoms with Crippen LogP contribution in [0.1, 0.15) is 25.8 Å². The van der Waals surface area contributed by atoms with Gasteiger partial charge in [0.2, 0.25) is 0 Å². The zero-order valence-electron chi connectivity index (χ0n) is 16.5. The van der Waals surface area contributed by atoms with Crippen LogP contribution in [0.5, 0.6) is 17.2 Å². The summed E-state index contributed by atoms with van der Waals surface area (Å²) in [6.07, 6.45) is 0.444. The van der Waals surface area contributed by atoms with Crippen molar-refractivity contribution in [2.45, 2.75) is 20.3 Å². The Bertz CT molecular complexity index is 957. The standard InChI is InChI=1S/C24H22O5/c1-17(2)23(25)27-16-6-5-7-19-8-10-20(11-9-19)28-21-12-14-22(15-13-21)29-24(26)18(3)4/h8-15H,1,3,6,16H2,2,4H3. The molecule has 0 bridgehead atoms. The molecule has 0 aliphatic rings. The van der Waals surface area contributed by atoms with Gasteiger partial charge in [0.15, 0.2) is 0 Å². The minimum atomic E-state index is -0.468. The summed E-state index contributed by atoms with van der Waals surface area (Å²) in [5, 5.41) is 0. The zero-order valence-corrected chi connectivity index (χ0v) is 16.5. The molecule has 2 rings (SSSR count). The van der Waals surface area contributed by atoms with Crippen LogP contribution in [0.15, 0.2) is 72.8 Å². The van der Waals surface area contributed by atoms with Crippen molar-refractivity contribution < 1.29 is 23.8 Å². The van der Waals surface area contributed by atoms with Gasteiger partial charge in [-0.05, 0) is 62.4 Å². The minimum Gasteiger partial charge on any atom is -0.461 e. The fourth-order valence-electron chi connectivity index (χ4n) is 1.99. The average Bonchev–Trinajstić information content (AvgIpc) is 2.70. The van der Waals surface area contributed by atoms with Gasteiger partial charge in [-0.25, -0.2) is 9.59 Å². The van der Waals surface area contributed by atoms with Gasteiger partial charge in [-0.3, -0.25) is 0 Å². The fraction of sp³-hybridized carbons (Fsp3) is 0.167. The molecule has 2 aromatic rings. The van der Waals surface area contributed by atoms with Crippen LogP contribution in [-0.4, -0.2) is 18.5 Å². The maximum absolute atomic E-state index is 11.5. The van der Waals surface area contributed by atoms with E-state index in [1.54, 1.807) is 50.2 Å². The van der Waals surface area contributed by atoms with Crippen molar-refractivity contribution >= 4 is 11.9 Å². The van der Waals surface area contributed by atoms with Crippen LogP contribution in [0, 0.1) is 11.8 Å². The molecule has 148 valence electrons. The van der Waals surface area contributed by atoms with E-state index in [2.05, 4.69) is 25.0 Å². The molecule has 0 atom stereocenters. The van der Waals surface area contributed by atoms with Crippen LogP contribution in [0.25, 0.3) is 0 Å². The van der Waals surface area contributed by atoms with Crippen molar-refractivity contribution in [2.75, 3.05) is 6.61 Å². The Morgan fingerprint density at radius 3 is 1.90 bits per heavy atom. The number of esters is 2. The van der Waals surface area contributed by atoms with Crippen LogP contribution in [0.4, 0.5) is 0 Å². The van der Waals surface area contributed by atoms with Gasteiger partial charge in [0.25, 0.3) is 0 Å². The van der Waals surface area contributed by atoms with Crippen LogP contribution >= 0.6 is 0 Å². The molecule has 29 heavy (non-hydrogen) atoms. The van der Waals surface area contributed by atoms with Crippen LogP contribution in [-0.2, 0) is 14.3 Å². The number of carbonyl (C=O) groups excluding carboxylic acids is 2. The highest BCUT2D eigenvalue weighted by Gasteiger charge is 2.05. The van der Waals surface area contributed by atoms with Gasteiger partial charge in [0.05, 0.1) is 0 Å². The number of benzene rings is 2. The van der Waals surface area contributed by atoms with Crippen molar-refractivity contribution in [3.05, 3.63) is 78.4 Å². The molecule has 0 aliphatic carbocycles. The average molecular weight is 390 g/mol. The quantitative estimate of drug-likeness (QED) is 0.223. The lowest BCUT2D eigenvalue weighted by Crippen LogP contribution is -2.07. The highest BCUT2D eigenvalue weighted by molar-refractivity contribution is 5.88. The molecular weight excluding hydrogens is 368 g/mol. The lowest BCUT2D eigenvalue weighted by molar-refractivity contribution is -0.138. The Hall–Kier alpha value is -3.78. The Morgan fingerprint density at radius 2 is 1.34 bits per heavy atom. The second-order valence-electron chi connectivity index (χ2n) is 6.24. The molecule has 0 spiro atoms. The van der Waals surface area contributed by atoms with Crippen LogP contribution in [0.3, 0.4) is 0 Å². The molecule has 0 N–H and O–H groups in total. The van der Waals surface area contributed by atoms with E-state index in [0.717, 1.165) is 5.56 Å². The summed E-state index contributed by atoms with van der Waals surface area (Å²) in [5.41, 5.74) is 1.53. The largest absolute Gasteiger partial charge is 0.461 e. The number of hydrogen-bond donors (Lipinski definition) is 0. The predicted molar refractivity (Wildman–Crippen MR) is 111 cm³/mol. The van der Waals surface area contributed by atoms with Gasteiger partial charge in [0, 0.05) is 23.1 Å². The smallest absolute Gasteiger partial charge is 0.338 e. The first-order valence-electron chi connectivity index (χ1n) is 8.92. The third kappa shape index (κ3) is 7.39. The van der Waals surface area contributed by atoms with Crippen molar-refractivity contribution in [3.63, 3.8) is 0 Å². The topological polar surface area (TPSA) is 61.8 Å². The number of carbonyl (C=O) groups is 2. The Kier molecular flexibility index (Phi) is 7.81. The van der Waals surface area contributed by atoms with Crippen molar-refractivity contribution in [2.24, 2.45) is 0 Å². The van der Waals surface area contributed by atoms with Gasteiger partial charge in [-0.1, -0.05) is 25.0 Å². The maximum Gasteiger partial charge on any atom is 0.338 e. The monoisotopic (exact) mass is 390 g/mol. The summed E-state index contributed by atoms with van der Waals surface area (Å²) in [5.74, 6) is 6.75. The second-order valence-corrected chi connectivity index (χ2v) is 6.24. The molecule has 0 unspecified atom stereocenters. The molecular formula is C24H22O5. The van der Waals surface area contributed by atoms with E-state index < -0.39 is 11.9 Å². The maximum atomic E-state index is 11.5. The third-order valence-electron chi connectivity index (χ3n) is 3.51. The van der Waals surface area contributed by atoms with E-state index in [1.165, 1.54) is 0 Å². The number of hydrogen-bond acceptors (Lipinski definition) is 5. The summed E-state index contributed by atoms with van der Waals surface area (Å²) in [6, 6.07) is 14.0. The first-order valence-corrected chi connectivity index (χ1v) is 8.92. The molecule has 2 aromatic carbocycles. The molecule has 0 saturated carbocycles. The third-order valence-corrected chi connectivity index (χ3v) is 3.51. The molecule has 0 fully saturated rings. The Labute approximate surface area is 170 Å². The minimum absolute atomic E-state index is 0.234. The summed E-state index contributed by atoms with van der Waals surface area (Å²) in [7, 11) is 0. The molecule has 5 heteroatoms. The molecule has 0 aliphatic heterocycles. The SMILES string of the molecule is C=C(C)C(=O)OCCC#Cc1ccc(Oc2ccc(OC(=O)C(=C)C)cc2)cc1.